The lowest BCUT2D eigenvalue weighted by atomic mass is 10.2. The fraction of sp³-hybridized carbons (Fsp3) is 0.588. The highest BCUT2D eigenvalue weighted by Gasteiger charge is 2.28. The van der Waals surface area contributed by atoms with Crippen LogP contribution in [-0.2, 0) is 10.0 Å². The molecule has 0 spiro atoms. The summed E-state index contributed by atoms with van der Waals surface area (Å²) in [7, 11) is -1.89. The molecule has 0 bridgehead atoms. The highest BCUT2D eigenvalue weighted by Crippen LogP contribution is 2.29. The Morgan fingerprint density at radius 3 is 2.70 bits per heavy atom. The van der Waals surface area contributed by atoms with E-state index in [0.717, 1.165) is 18.8 Å². The van der Waals surface area contributed by atoms with Crippen LogP contribution in [0.3, 0.4) is 0 Å². The Labute approximate surface area is 182 Å². The largest absolute Gasteiger partial charge is 0.355 e. The fourth-order valence-electron chi connectivity index (χ4n) is 2.71. The van der Waals surface area contributed by atoms with Crippen LogP contribution in [0, 0.1) is 12.7 Å². The number of hydrogen-bond donors (Lipinski definition) is 2. The van der Waals surface area contributed by atoms with Crippen LogP contribution in [0.1, 0.15) is 19.4 Å². The topological polar surface area (TPSA) is 73.8 Å². The van der Waals surface area contributed by atoms with Crippen molar-refractivity contribution in [3.63, 3.8) is 0 Å². The first-order valence-corrected chi connectivity index (χ1v) is 11.1. The molecule has 10 heteroatoms. The van der Waals surface area contributed by atoms with Gasteiger partial charge in [0.15, 0.2) is 5.96 Å². The zero-order chi connectivity index (χ0) is 19.4. The molecular formula is C17H28FIN4O2S2. The first-order chi connectivity index (χ1) is 12.1. The van der Waals surface area contributed by atoms with E-state index in [2.05, 4.69) is 33.8 Å². The maximum absolute atomic E-state index is 13.6. The highest BCUT2D eigenvalue weighted by atomic mass is 127. The summed E-state index contributed by atoms with van der Waals surface area (Å²) in [5, 5.41) is 3.11. The summed E-state index contributed by atoms with van der Waals surface area (Å²) < 4.78 is 40.5. The van der Waals surface area contributed by atoms with Crippen molar-refractivity contribution in [1.29, 1.82) is 0 Å². The fourth-order valence-corrected chi connectivity index (χ4v) is 4.78. The minimum atomic E-state index is -3.58. The number of nitrogens with zero attached hydrogens (tertiary/aromatic N) is 2. The van der Waals surface area contributed by atoms with Gasteiger partial charge in [0, 0.05) is 37.2 Å². The van der Waals surface area contributed by atoms with Crippen molar-refractivity contribution in [1.82, 2.24) is 10.2 Å². The number of guanidine groups is 1. The summed E-state index contributed by atoms with van der Waals surface area (Å²) in [6, 6.07) is 4.28. The van der Waals surface area contributed by atoms with E-state index in [9.17, 15) is 12.8 Å². The van der Waals surface area contributed by atoms with E-state index in [1.165, 1.54) is 6.07 Å². The van der Waals surface area contributed by atoms with E-state index in [1.807, 2.05) is 11.8 Å². The van der Waals surface area contributed by atoms with Crippen LogP contribution >= 0.6 is 35.7 Å². The van der Waals surface area contributed by atoms with Gasteiger partial charge in [0.1, 0.15) is 5.82 Å². The minimum absolute atomic E-state index is 0. The molecule has 1 heterocycles. The van der Waals surface area contributed by atoms with Crippen molar-refractivity contribution in [2.45, 2.75) is 25.5 Å². The highest BCUT2D eigenvalue weighted by molar-refractivity contribution is 14.0. The summed E-state index contributed by atoms with van der Waals surface area (Å²) in [6.07, 6.45) is 0. The maximum atomic E-state index is 13.6. The molecule has 0 aromatic heterocycles. The lowest BCUT2D eigenvalue weighted by molar-refractivity contribution is 0.377. The van der Waals surface area contributed by atoms with Crippen LogP contribution in [0.25, 0.3) is 0 Å². The monoisotopic (exact) mass is 530 g/mol. The quantitative estimate of drug-likeness (QED) is 0.348. The van der Waals surface area contributed by atoms with Crippen LogP contribution in [0.5, 0.6) is 0 Å². The van der Waals surface area contributed by atoms with Crippen LogP contribution in [0.2, 0.25) is 0 Å². The second-order valence-electron chi connectivity index (χ2n) is 6.89. The molecule has 0 aliphatic carbocycles. The van der Waals surface area contributed by atoms with E-state index in [-0.39, 0.29) is 46.7 Å². The van der Waals surface area contributed by atoms with Crippen LogP contribution in [0.15, 0.2) is 23.2 Å². The van der Waals surface area contributed by atoms with Crippen molar-refractivity contribution in [2.75, 3.05) is 42.9 Å². The molecule has 2 N–H and O–H groups in total. The molecule has 1 aliphatic rings. The van der Waals surface area contributed by atoms with E-state index in [4.69, 9.17) is 0 Å². The van der Waals surface area contributed by atoms with E-state index in [1.54, 1.807) is 26.1 Å². The Bertz CT molecular complexity index is 772. The maximum Gasteiger partial charge on any atom is 0.234 e. The second kappa shape index (κ2) is 10.1. The van der Waals surface area contributed by atoms with E-state index < -0.39 is 15.8 Å². The van der Waals surface area contributed by atoms with Crippen LogP contribution < -0.4 is 10.0 Å². The summed E-state index contributed by atoms with van der Waals surface area (Å²) >= 11 is 1.92. The molecule has 1 aliphatic heterocycles. The third kappa shape index (κ3) is 7.65. The molecule has 6 nitrogen and oxygen atoms in total. The number of hydrogen-bond acceptors (Lipinski definition) is 4. The normalized spacial score (nSPS) is 17.2. The SMILES string of the molecule is CN=C(NCCS(=O)(=O)Nc1ccc(C)c(F)c1)N1CCSC(C)(C)C1.I. The van der Waals surface area contributed by atoms with Crippen LogP contribution in [0.4, 0.5) is 10.1 Å². The third-order valence-electron chi connectivity index (χ3n) is 4.04. The number of aliphatic imine (C=N–C) groups is 1. The number of anilines is 1. The van der Waals surface area contributed by atoms with Gasteiger partial charge in [-0.2, -0.15) is 11.8 Å². The number of benzene rings is 1. The van der Waals surface area contributed by atoms with Crippen molar-refractivity contribution in [3.05, 3.63) is 29.6 Å². The number of rotatable bonds is 5. The molecule has 1 fully saturated rings. The van der Waals surface area contributed by atoms with Gasteiger partial charge in [-0.15, -0.1) is 24.0 Å². The summed E-state index contributed by atoms with van der Waals surface area (Å²) in [6.45, 7) is 7.95. The van der Waals surface area contributed by atoms with Crippen LogP contribution in [-0.4, -0.2) is 62.2 Å². The Hall–Kier alpha value is -0.750. The zero-order valence-corrected chi connectivity index (χ0v) is 20.0. The number of nitrogens with one attached hydrogen (secondary N) is 2. The number of sulfonamides is 1. The first-order valence-electron chi connectivity index (χ1n) is 8.48. The van der Waals surface area contributed by atoms with E-state index in [0.29, 0.717) is 11.5 Å². The van der Waals surface area contributed by atoms with Crippen molar-refractivity contribution >= 4 is 57.4 Å². The number of thioether (sulfide) groups is 1. The van der Waals surface area contributed by atoms with Gasteiger partial charge in [-0.05, 0) is 38.5 Å². The van der Waals surface area contributed by atoms with Gasteiger partial charge in [0.25, 0.3) is 0 Å². The molecule has 0 amide bonds. The average Bonchev–Trinajstić information content (AvgIpc) is 2.54. The molecule has 2 rings (SSSR count). The smallest absolute Gasteiger partial charge is 0.234 e. The Morgan fingerprint density at radius 1 is 1.41 bits per heavy atom. The molecule has 27 heavy (non-hydrogen) atoms. The Balaban J connectivity index is 0.00000364. The standard InChI is InChI=1S/C17H27FN4O2S2.HI/c1-13-5-6-14(11-15(13)18)21-26(23,24)10-7-20-16(19-4)22-8-9-25-17(2,3)12-22;/h5-6,11,21H,7-10,12H2,1-4H3,(H,19,20);1H. The lowest BCUT2D eigenvalue weighted by Gasteiger charge is -2.39. The van der Waals surface area contributed by atoms with Gasteiger partial charge in [0.05, 0.1) is 11.4 Å². The molecule has 1 aromatic carbocycles. The third-order valence-corrected chi connectivity index (χ3v) is 6.62. The predicted octanol–water partition coefficient (Wildman–Crippen LogP) is 2.90. The molecule has 0 radical (unpaired) electrons. The second-order valence-corrected chi connectivity index (χ2v) is 10.5. The van der Waals surface area contributed by atoms with Crippen molar-refractivity contribution in [2.24, 2.45) is 4.99 Å². The molecular weight excluding hydrogens is 502 g/mol. The molecule has 0 unspecified atom stereocenters. The Morgan fingerprint density at radius 2 is 2.11 bits per heavy atom. The number of aryl methyl sites for hydroxylation is 1. The van der Waals surface area contributed by atoms with Gasteiger partial charge in [-0.25, -0.2) is 12.8 Å². The lowest BCUT2D eigenvalue weighted by Crippen LogP contribution is -2.51. The Kier molecular flexibility index (Phi) is 9.13. The molecule has 1 saturated heterocycles. The molecule has 0 atom stereocenters. The molecule has 154 valence electrons. The van der Waals surface area contributed by atoms with Gasteiger partial charge < -0.3 is 10.2 Å². The van der Waals surface area contributed by atoms with Crippen molar-refractivity contribution < 1.29 is 12.8 Å². The summed E-state index contributed by atoms with van der Waals surface area (Å²) in [4.78, 5) is 6.40. The van der Waals surface area contributed by atoms with Gasteiger partial charge in [0.2, 0.25) is 10.0 Å². The zero-order valence-electron chi connectivity index (χ0n) is 16.1. The van der Waals surface area contributed by atoms with Gasteiger partial charge in [-0.1, -0.05) is 6.07 Å². The number of halogens is 2. The van der Waals surface area contributed by atoms with Crippen molar-refractivity contribution in [3.8, 4) is 0 Å². The molecule has 1 aromatic rings. The van der Waals surface area contributed by atoms with E-state index >= 15 is 0 Å². The van der Waals surface area contributed by atoms with Gasteiger partial charge in [-0.3, -0.25) is 9.71 Å². The van der Waals surface area contributed by atoms with Gasteiger partial charge >= 0.3 is 0 Å². The average molecular weight is 530 g/mol. The summed E-state index contributed by atoms with van der Waals surface area (Å²) in [5.74, 6) is 1.14. The predicted molar refractivity (Wildman–Crippen MR) is 123 cm³/mol. The first kappa shape index (κ1) is 24.3. The summed E-state index contributed by atoms with van der Waals surface area (Å²) in [5.41, 5.74) is 0.702. The minimum Gasteiger partial charge on any atom is -0.355 e. The molecule has 0 saturated carbocycles.